The Hall–Kier alpha value is -1.46. The standard InChI is InChI=1S/C25H46O6/c1-20(2)15-11-9-7-5-6-8-10-14-18-28-24(26)30-22-16-12-13-17-23(22)31-25(27)29-19-21(3)4/h20-23H,5-19H2,1-4H3. The van der Waals surface area contributed by atoms with E-state index in [4.69, 9.17) is 18.9 Å². The molecule has 6 nitrogen and oxygen atoms in total. The Morgan fingerprint density at radius 2 is 1.16 bits per heavy atom. The minimum absolute atomic E-state index is 0.246. The van der Waals surface area contributed by atoms with Crippen LogP contribution in [0.4, 0.5) is 9.59 Å². The van der Waals surface area contributed by atoms with Gasteiger partial charge in [-0.2, -0.15) is 0 Å². The summed E-state index contributed by atoms with van der Waals surface area (Å²) in [5.41, 5.74) is 0. The van der Waals surface area contributed by atoms with Crippen LogP contribution in [0.1, 0.15) is 111 Å². The van der Waals surface area contributed by atoms with Gasteiger partial charge in [0.25, 0.3) is 0 Å². The smallest absolute Gasteiger partial charge is 0.434 e. The van der Waals surface area contributed by atoms with E-state index in [1.54, 1.807) is 0 Å². The molecule has 1 saturated carbocycles. The zero-order valence-corrected chi connectivity index (χ0v) is 20.4. The summed E-state index contributed by atoms with van der Waals surface area (Å²) in [7, 11) is 0. The second kappa shape index (κ2) is 17.1. The lowest BCUT2D eigenvalue weighted by molar-refractivity contribution is -0.0723. The van der Waals surface area contributed by atoms with E-state index >= 15 is 0 Å². The fourth-order valence-electron chi connectivity index (χ4n) is 3.75. The van der Waals surface area contributed by atoms with Gasteiger partial charge in [-0.05, 0) is 43.9 Å². The Balaban J connectivity index is 2.08. The van der Waals surface area contributed by atoms with Crippen molar-refractivity contribution in [1.29, 1.82) is 0 Å². The van der Waals surface area contributed by atoms with Gasteiger partial charge in [0, 0.05) is 0 Å². The SMILES string of the molecule is CC(C)CCCCCCCCCCOC(=O)OC1CCCCC1OC(=O)OCC(C)C. The molecule has 0 aromatic carbocycles. The van der Waals surface area contributed by atoms with Crippen LogP contribution in [-0.2, 0) is 18.9 Å². The van der Waals surface area contributed by atoms with E-state index in [1.165, 1.54) is 44.9 Å². The molecule has 0 aliphatic heterocycles. The number of carbonyl (C=O) groups excluding carboxylic acids is 2. The second-order valence-electron chi connectivity index (χ2n) is 9.66. The quantitative estimate of drug-likeness (QED) is 0.194. The molecule has 1 aliphatic rings. The van der Waals surface area contributed by atoms with Gasteiger partial charge in [0.1, 0.15) is 12.2 Å². The molecule has 182 valence electrons. The normalized spacial score (nSPS) is 18.8. The lowest BCUT2D eigenvalue weighted by Gasteiger charge is -2.29. The van der Waals surface area contributed by atoms with Crippen molar-refractivity contribution >= 4 is 12.3 Å². The van der Waals surface area contributed by atoms with E-state index in [-0.39, 0.29) is 5.92 Å². The van der Waals surface area contributed by atoms with Gasteiger partial charge in [0.15, 0.2) is 0 Å². The van der Waals surface area contributed by atoms with Crippen molar-refractivity contribution < 1.29 is 28.5 Å². The molecule has 0 aromatic heterocycles. The summed E-state index contributed by atoms with van der Waals surface area (Å²) >= 11 is 0. The molecule has 1 fully saturated rings. The molecule has 0 spiro atoms. The van der Waals surface area contributed by atoms with Gasteiger partial charge in [0.05, 0.1) is 13.2 Å². The number of unbranched alkanes of at least 4 members (excludes halogenated alkanes) is 7. The van der Waals surface area contributed by atoms with Crippen molar-refractivity contribution in [3.63, 3.8) is 0 Å². The van der Waals surface area contributed by atoms with Crippen LogP contribution in [0.5, 0.6) is 0 Å². The first-order valence-electron chi connectivity index (χ1n) is 12.5. The van der Waals surface area contributed by atoms with E-state index in [0.717, 1.165) is 31.6 Å². The van der Waals surface area contributed by atoms with Gasteiger partial charge in [-0.3, -0.25) is 0 Å². The summed E-state index contributed by atoms with van der Waals surface area (Å²) in [6.45, 7) is 9.18. The van der Waals surface area contributed by atoms with E-state index in [1.807, 2.05) is 13.8 Å². The number of ether oxygens (including phenoxy) is 4. The molecular weight excluding hydrogens is 396 g/mol. The van der Waals surface area contributed by atoms with Crippen molar-refractivity contribution in [2.75, 3.05) is 13.2 Å². The maximum Gasteiger partial charge on any atom is 0.508 e. The van der Waals surface area contributed by atoms with E-state index in [2.05, 4.69) is 13.8 Å². The monoisotopic (exact) mass is 442 g/mol. The summed E-state index contributed by atoms with van der Waals surface area (Å²) in [6.07, 6.45) is 12.0. The molecule has 1 rings (SSSR count). The van der Waals surface area contributed by atoms with Gasteiger partial charge >= 0.3 is 12.3 Å². The molecule has 0 amide bonds. The third-order valence-electron chi connectivity index (χ3n) is 5.57. The van der Waals surface area contributed by atoms with Gasteiger partial charge in [-0.25, -0.2) is 9.59 Å². The van der Waals surface area contributed by atoms with Crippen molar-refractivity contribution in [1.82, 2.24) is 0 Å². The van der Waals surface area contributed by atoms with Crippen LogP contribution < -0.4 is 0 Å². The molecule has 6 heteroatoms. The van der Waals surface area contributed by atoms with Crippen molar-refractivity contribution in [3.05, 3.63) is 0 Å². The molecular formula is C25H46O6. The van der Waals surface area contributed by atoms with Crippen LogP contribution in [0.25, 0.3) is 0 Å². The third kappa shape index (κ3) is 15.1. The zero-order valence-electron chi connectivity index (χ0n) is 20.4. The Morgan fingerprint density at radius 3 is 1.68 bits per heavy atom. The summed E-state index contributed by atoms with van der Waals surface area (Å²) in [5.74, 6) is 1.06. The van der Waals surface area contributed by atoms with Crippen LogP contribution in [0.15, 0.2) is 0 Å². The average Bonchev–Trinajstić information content (AvgIpc) is 2.71. The van der Waals surface area contributed by atoms with E-state index in [9.17, 15) is 9.59 Å². The van der Waals surface area contributed by atoms with Crippen LogP contribution >= 0.6 is 0 Å². The second-order valence-corrected chi connectivity index (χ2v) is 9.66. The Morgan fingerprint density at radius 1 is 0.677 bits per heavy atom. The largest absolute Gasteiger partial charge is 0.508 e. The predicted octanol–water partition coefficient (Wildman–Crippen LogP) is 7.43. The molecule has 0 heterocycles. The highest BCUT2D eigenvalue weighted by molar-refractivity contribution is 5.61. The number of rotatable bonds is 15. The van der Waals surface area contributed by atoms with E-state index in [0.29, 0.717) is 26.1 Å². The summed E-state index contributed by atoms with van der Waals surface area (Å²) < 4.78 is 21.1. The molecule has 0 radical (unpaired) electrons. The molecule has 0 saturated heterocycles. The lowest BCUT2D eigenvalue weighted by Crippen LogP contribution is -2.38. The Kier molecular flexibility index (Phi) is 15.2. The minimum atomic E-state index is -0.692. The fraction of sp³-hybridized carbons (Fsp3) is 0.920. The Bertz CT molecular complexity index is 477. The highest BCUT2D eigenvalue weighted by Gasteiger charge is 2.32. The average molecular weight is 443 g/mol. The zero-order chi connectivity index (χ0) is 22.9. The van der Waals surface area contributed by atoms with Crippen molar-refractivity contribution in [3.8, 4) is 0 Å². The van der Waals surface area contributed by atoms with Crippen molar-refractivity contribution in [2.45, 2.75) is 123 Å². The molecule has 0 aromatic rings. The minimum Gasteiger partial charge on any atom is -0.434 e. The van der Waals surface area contributed by atoms with Crippen LogP contribution in [0.2, 0.25) is 0 Å². The number of hydrogen-bond acceptors (Lipinski definition) is 6. The molecule has 2 unspecified atom stereocenters. The fourth-order valence-corrected chi connectivity index (χ4v) is 3.75. The number of carbonyl (C=O) groups is 2. The van der Waals surface area contributed by atoms with Gasteiger partial charge in [-0.1, -0.05) is 79.1 Å². The van der Waals surface area contributed by atoms with Crippen molar-refractivity contribution in [2.24, 2.45) is 11.8 Å². The van der Waals surface area contributed by atoms with Gasteiger partial charge in [-0.15, -0.1) is 0 Å². The van der Waals surface area contributed by atoms with E-state index < -0.39 is 24.5 Å². The first kappa shape index (κ1) is 27.6. The Labute approximate surface area is 189 Å². The first-order chi connectivity index (χ1) is 14.9. The summed E-state index contributed by atoms with van der Waals surface area (Å²) in [4.78, 5) is 23.9. The third-order valence-corrected chi connectivity index (χ3v) is 5.57. The van der Waals surface area contributed by atoms with Crippen LogP contribution in [0.3, 0.4) is 0 Å². The van der Waals surface area contributed by atoms with Gasteiger partial charge in [0.2, 0.25) is 0 Å². The highest BCUT2D eigenvalue weighted by Crippen LogP contribution is 2.25. The maximum absolute atomic E-state index is 12.0. The molecule has 31 heavy (non-hydrogen) atoms. The topological polar surface area (TPSA) is 71.1 Å². The summed E-state index contributed by atoms with van der Waals surface area (Å²) in [5, 5.41) is 0. The molecule has 0 bridgehead atoms. The predicted molar refractivity (Wildman–Crippen MR) is 122 cm³/mol. The molecule has 0 N–H and O–H groups in total. The summed E-state index contributed by atoms with van der Waals surface area (Å²) in [6, 6.07) is 0. The number of hydrogen-bond donors (Lipinski definition) is 0. The lowest BCUT2D eigenvalue weighted by atomic mass is 9.95. The van der Waals surface area contributed by atoms with Crippen LogP contribution in [-0.4, -0.2) is 37.7 Å². The molecule has 2 atom stereocenters. The molecule has 1 aliphatic carbocycles. The van der Waals surface area contributed by atoms with Crippen LogP contribution in [0, 0.1) is 11.8 Å². The van der Waals surface area contributed by atoms with Gasteiger partial charge < -0.3 is 18.9 Å². The highest BCUT2D eigenvalue weighted by atomic mass is 16.8. The maximum atomic E-state index is 12.0. The first-order valence-corrected chi connectivity index (χ1v) is 12.5.